The number of carbonyl (C=O) groups is 2. The Morgan fingerprint density at radius 1 is 1.45 bits per heavy atom. The molecule has 0 bridgehead atoms. The van der Waals surface area contributed by atoms with E-state index >= 15 is 0 Å². The number of anilines is 1. The molecule has 0 spiro atoms. The summed E-state index contributed by atoms with van der Waals surface area (Å²) in [6, 6.07) is 1.05. The van der Waals surface area contributed by atoms with Gasteiger partial charge in [0, 0.05) is 26.7 Å². The third-order valence-corrected chi connectivity index (χ3v) is 3.41. The van der Waals surface area contributed by atoms with Gasteiger partial charge >= 0.3 is 12.0 Å². The van der Waals surface area contributed by atoms with E-state index in [0.29, 0.717) is 24.7 Å². The number of urea groups is 1. The van der Waals surface area contributed by atoms with Gasteiger partial charge in [-0.3, -0.25) is 5.32 Å². The number of carbonyl (C=O) groups excluding carboxylic acids is 1. The van der Waals surface area contributed by atoms with Crippen molar-refractivity contribution in [2.75, 3.05) is 45.7 Å². The number of methoxy groups -OCH3 is 1. The van der Waals surface area contributed by atoms with Crippen LogP contribution in [0.1, 0.15) is 10.4 Å². The minimum absolute atomic E-state index is 0.0994. The van der Waals surface area contributed by atoms with E-state index in [4.69, 9.17) is 9.84 Å². The average Bonchev–Trinajstić information content (AvgIpc) is 2.84. The molecule has 20 heavy (non-hydrogen) atoms. The lowest BCUT2D eigenvalue weighted by Gasteiger charge is -2.16. The van der Waals surface area contributed by atoms with Crippen molar-refractivity contribution in [3.8, 4) is 0 Å². The van der Waals surface area contributed by atoms with Crippen LogP contribution in [0.15, 0.2) is 11.4 Å². The van der Waals surface area contributed by atoms with E-state index in [2.05, 4.69) is 10.6 Å². The lowest BCUT2D eigenvalue weighted by molar-refractivity contribution is 0.0698. The van der Waals surface area contributed by atoms with Crippen LogP contribution in [0.4, 0.5) is 9.80 Å². The second kappa shape index (κ2) is 8.51. The molecule has 0 unspecified atom stereocenters. The molecule has 1 aromatic rings. The molecule has 8 heteroatoms. The van der Waals surface area contributed by atoms with Crippen molar-refractivity contribution in [3.63, 3.8) is 0 Å². The molecule has 3 N–H and O–H groups in total. The van der Waals surface area contributed by atoms with Crippen LogP contribution in [0.3, 0.4) is 0 Å². The van der Waals surface area contributed by atoms with Crippen LogP contribution in [-0.2, 0) is 4.74 Å². The van der Waals surface area contributed by atoms with E-state index in [9.17, 15) is 9.59 Å². The number of amides is 2. The maximum atomic E-state index is 11.6. The molecule has 0 aliphatic heterocycles. The summed E-state index contributed by atoms with van der Waals surface area (Å²) < 4.78 is 4.95. The van der Waals surface area contributed by atoms with Crippen molar-refractivity contribution in [1.82, 2.24) is 10.2 Å². The monoisotopic (exact) mass is 301 g/mol. The van der Waals surface area contributed by atoms with Crippen LogP contribution < -0.4 is 10.6 Å². The molecule has 7 nitrogen and oxygen atoms in total. The molecule has 112 valence electrons. The van der Waals surface area contributed by atoms with Crippen LogP contribution in [-0.4, -0.2) is 62.4 Å². The Balaban J connectivity index is 2.30. The van der Waals surface area contributed by atoms with E-state index in [-0.39, 0.29) is 5.56 Å². The summed E-state index contributed by atoms with van der Waals surface area (Å²) in [5.41, 5.74) is 0.0994. The van der Waals surface area contributed by atoms with Gasteiger partial charge in [-0.2, -0.15) is 0 Å². The number of hydrogen-bond acceptors (Lipinski definition) is 5. The van der Waals surface area contributed by atoms with Gasteiger partial charge in [-0.05, 0) is 18.5 Å². The first-order valence-electron chi connectivity index (χ1n) is 6.07. The molecule has 0 aromatic carbocycles. The summed E-state index contributed by atoms with van der Waals surface area (Å²) in [6.07, 6.45) is 0. The van der Waals surface area contributed by atoms with E-state index in [1.54, 1.807) is 12.5 Å². The zero-order chi connectivity index (χ0) is 15.0. The molecule has 1 rings (SSSR count). The molecule has 0 aliphatic rings. The van der Waals surface area contributed by atoms with Crippen LogP contribution in [0.2, 0.25) is 0 Å². The Bertz CT molecular complexity index is 450. The van der Waals surface area contributed by atoms with Gasteiger partial charge in [-0.15, -0.1) is 11.3 Å². The summed E-state index contributed by atoms with van der Waals surface area (Å²) in [5.74, 6) is -1.05. The number of aromatic carboxylic acids is 1. The maximum Gasteiger partial charge on any atom is 0.338 e. The standard InChI is InChI=1S/C12H19N3O4S/c1-15(6-7-19-2)5-4-13-12(18)14-10-9(11(16)17)3-8-20-10/h3,8H,4-7H2,1-2H3,(H,16,17)(H2,13,14,18). The van der Waals surface area contributed by atoms with Crippen molar-refractivity contribution in [2.45, 2.75) is 0 Å². The van der Waals surface area contributed by atoms with E-state index in [1.807, 2.05) is 11.9 Å². The van der Waals surface area contributed by atoms with Crippen LogP contribution in [0.25, 0.3) is 0 Å². The number of thiophene rings is 1. The topological polar surface area (TPSA) is 90.9 Å². The van der Waals surface area contributed by atoms with Crippen molar-refractivity contribution in [2.24, 2.45) is 0 Å². The van der Waals surface area contributed by atoms with Gasteiger partial charge < -0.3 is 20.1 Å². The maximum absolute atomic E-state index is 11.6. The Morgan fingerprint density at radius 3 is 2.85 bits per heavy atom. The summed E-state index contributed by atoms with van der Waals surface area (Å²) in [5, 5.41) is 16.1. The summed E-state index contributed by atoms with van der Waals surface area (Å²) in [4.78, 5) is 24.5. The highest BCUT2D eigenvalue weighted by atomic mass is 32.1. The van der Waals surface area contributed by atoms with Crippen molar-refractivity contribution < 1.29 is 19.4 Å². The predicted octanol–water partition coefficient (Wildman–Crippen LogP) is 1.15. The lowest BCUT2D eigenvalue weighted by Crippen LogP contribution is -2.36. The fourth-order valence-electron chi connectivity index (χ4n) is 1.44. The summed E-state index contributed by atoms with van der Waals surface area (Å²) in [6.45, 7) is 2.58. The SMILES string of the molecule is COCCN(C)CCNC(=O)Nc1sccc1C(=O)O. The molecule has 1 heterocycles. The van der Waals surface area contributed by atoms with E-state index < -0.39 is 12.0 Å². The molecule has 0 saturated heterocycles. The molecular weight excluding hydrogens is 282 g/mol. The molecule has 0 aliphatic carbocycles. The van der Waals surface area contributed by atoms with Gasteiger partial charge in [-0.25, -0.2) is 9.59 Å². The Labute approximate surface area is 121 Å². The fraction of sp³-hybridized carbons (Fsp3) is 0.500. The number of nitrogens with zero attached hydrogens (tertiary/aromatic N) is 1. The van der Waals surface area contributed by atoms with Gasteiger partial charge in [0.15, 0.2) is 0 Å². The third-order valence-electron chi connectivity index (χ3n) is 2.58. The first-order valence-corrected chi connectivity index (χ1v) is 6.95. The zero-order valence-corrected chi connectivity index (χ0v) is 12.3. The van der Waals surface area contributed by atoms with Crippen LogP contribution in [0.5, 0.6) is 0 Å². The number of hydrogen-bond donors (Lipinski definition) is 3. The van der Waals surface area contributed by atoms with Crippen LogP contribution >= 0.6 is 11.3 Å². The normalized spacial score (nSPS) is 10.6. The second-order valence-corrected chi connectivity index (χ2v) is 5.06. The molecular formula is C12H19N3O4S. The highest BCUT2D eigenvalue weighted by Crippen LogP contribution is 2.22. The lowest BCUT2D eigenvalue weighted by atomic mass is 10.3. The molecule has 1 aromatic heterocycles. The smallest absolute Gasteiger partial charge is 0.338 e. The molecule has 2 amide bonds. The highest BCUT2D eigenvalue weighted by Gasteiger charge is 2.13. The number of rotatable bonds is 8. The summed E-state index contributed by atoms with van der Waals surface area (Å²) >= 11 is 1.18. The predicted molar refractivity (Wildman–Crippen MR) is 77.7 cm³/mol. The largest absolute Gasteiger partial charge is 0.478 e. The Hall–Kier alpha value is -1.64. The minimum Gasteiger partial charge on any atom is -0.478 e. The fourth-order valence-corrected chi connectivity index (χ4v) is 2.22. The van der Waals surface area contributed by atoms with Crippen molar-refractivity contribution in [3.05, 3.63) is 17.0 Å². The highest BCUT2D eigenvalue weighted by molar-refractivity contribution is 7.14. The summed E-state index contributed by atoms with van der Waals surface area (Å²) in [7, 11) is 3.57. The van der Waals surface area contributed by atoms with Gasteiger partial charge in [0.25, 0.3) is 0 Å². The van der Waals surface area contributed by atoms with E-state index in [0.717, 1.165) is 6.54 Å². The number of nitrogens with one attached hydrogen (secondary N) is 2. The molecule has 0 saturated carbocycles. The number of ether oxygens (including phenoxy) is 1. The van der Waals surface area contributed by atoms with Gasteiger partial charge in [0.1, 0.15) is 5.00 Å². The zero-order valence-electron chi connectivity index (χ0n) is 11.5. The number of carboxylic acid groups (broad SMARTS) is 1. The van der Waals surface area contributed by atoms with Gasteiger partial charge in [-0.1, -0.05) is 0 Å². The van der Waals surface area contributed by atoms with Gasteiger partial charge in [0.2, 0.25) is 0 Å². The molecule has 0 fully saturated rings. The number of carboxylic acids is 1. The molecule has 0 radical (unpaired) electrons. The first kappa shape index (κ1) is 16.4. The Kier molecular flexibility index (Phi) is 6.99. The third kappa shape index (κ3) is 5.55. The first-order chi connectivity index (χ1) is 9.54. The van der Waals surface area contributed by atoms with Crippen molar-refractivity contribution >= 4 is 28.3 Å². The minimum atomic E-state index is -1.05. The quantitative estimate of drug-likeness (QED) is 0.670. The van der Waals surface area contributed by atoms with Gasteiger partial charge in [0.05, 0.1) is 12.2 Å². The second-order valence-electron chi connectivity index (χ2n) is 4.15. The van der Waals surface area contributed by atoms with Crippen molar-refractivity contribution in [1.29, 1.82) is 0 Å². The average molecular weight is 301 g/mol. The Morgan fingerprint density at radius 2 is 2.20 bits per heavy atom. The number of likely N-dealkylation sites (N-methyl/N-ethyl adjacent to an activating group) is 1. The molecule has 0 atom stereocenters. The van der Waals surface area contributed by atoms with E-state index in [1.165, 1.54) is 17.4 Å². The van der Waals surface area contributed by atoms with Crippen LogP contribution in [0, 0.1) is 0 Å².